The summed E-state index contributed by atoms with van der Waals surface area (Å²) in [6.45, 7) is 1.80. The Balaban J connectivity index is 1.92. The number of amides is 1. The van der Waals surface area contributed by atoms with E-state index in [2.05, 4.69) is 5.32 Å². The molecule has 10 heteroatoms. The van der Waals surface area contributed by atoms with Gasteiger partial charge in [-0.3, -0.25) is 14.9 Å². The minimum absolute atomic E-state index is 0.112. The van der Waals surface area contributed by atoms with E-state index in [0.717, 1.165) is 11.3 Å². The van der Waals surface area contributed by atoms with E-state index in [4.69, 9.17) is 14.2 Å². The lowest BCUT2D eigenvalue weighted by Crippen LogP contribution is -2.12. The first-order valence-electron chi connectivity index (χ1n) is 10.1. The van der Waals surface area contributed by atoms with Gasteiger partial charge in [-0.1, -0.05) is 12.1 Å². The number of nitro benzene ring substituents is 1. The van der Waals surface area contributed by atoms with E-state index in [9.17, 15) is 19.7 Å². The Kier molecular flexibility index (Phi) is 7.99. The molecule has 3 aromatic rings. The molecule has 0 bridgehead atoms. The molecule has 0 saturated heterocycles. The van der Waals surface area contributed by atoms with Gasteiger partial charge in [0.2, 0.25) is 5.91 Å². The number of esters is 1. The van der Waals surface area contributed by atoms with Crippen LogP contribution in [0.25, 0.3) is 17.2 Å². The van der Waals surface area contributed by atoms with Gasteiger partial charge in [0.25, 0.3) is 5.69 Å². The van der Waals surface area contributed by atoms with E-state index in [-0.39, 0.29) is 22.9 Å². The Labute approximate surface area is 199 Å². The maximum atomic E-state index is 12.7. The molecule has 1 amide bonds. The number of rotatable bonds is 9. The van der Waals surface area contributed by atoms with Gasteiger partial charge >= 0.3 is 5.97 Å². The molecule has 176 valence electrons. The van der Waals surface area contributed by atoms with Crippen LogP contribution in [-0.4, -0.2) is 37.6 Å². The van der Waals surface area contributed by atoms with Crippen LogP contribution in [-0.2, 0) is 9.53 Å². The summed E-state index contributed by atoms with van der Waals surface area (Å²) < 4.78 is 15.7. The molecule has 0 unspecified atom stereocenters. The minimum atomic E-state index is -0.640. The maximum Gasteiger partial charge on any atom is 0.341 e. The highest BCUT2D eigenvalue weighted by molar-refractivity contribution is 7.15. The number of methoxy groups -OCH3 is 2. The number of anilines is 1. The van der Waals surface area contributed by atoms with E-state index in [0.29, 0.717) is 28.2 Å². The highest BCUT2D eigenvalue weighted by atomic mass is 32.1. The van der Waals surface area contributed by atoms with Crippen LogP contribution in [0.4, 0.5) is 10.7 Å². The molecule has 34 heavy (non-hydrogen) atoms. The fourth-order valence-corrected chi connectivity index (χ4v) is 4.10. The van der Waals surface area contributed by atoms with E-state index in [1.165, 1.54) is 38.5 Å². The van der Waals surface area contributed by atoms with Crippen molar-refractivity contribution in [3.05, 3.63) is 75.2 Å². The number of carbonyl (C=O) groups is 2. The molecule has 0 radical (unpaired) electrons. The average Bonchev–Trinajstić information content (AvgIpc) is 3.26. The monoisotopic (exact) mass is 482 g/mol. The lowest BCUT2D eigenvalue weighted by Gasteiger charge is -2.08. The van der Waals surface area contributed by atoms with Crippen molar-refractivity contribution in [1.29, 1.82) is 0 Å². The van der Waals surface area contributed by atoms with Gasteiger partial charge in [0.15, 0.2) is 0 Å². The fraction of sp³-hybridized carbons (Fsp3) is 0.167. The lowest BCUT2D eigenvalue weighted by molar-refractivity contribution is -0.384. The van der Waals surface area contributed by atoms with Crippen LogP contribution in [0, 0.1) is 10.1 Å². The molecule has 3 rings (SSSR count). The van der Waals surface area contributed by atoms with Crippen molar-refractivity contribution in [2.75, 3.05) is 26.1 Å². The molecule has 0 spiro atoms. The lowest BCUT2D eigenvalue weighted by atomic mass is 10.0. The van der Waals surface area contributed by atoms with Gasteiger partial charge in [0, 0.05) is 34.7 Å². The van der Waals surface area contributed by atoms with Crippen molar-refractivity contribution in [2.45, 2.75) is 6.92 Å². The second-order valence-corrected chi connectivity index (χ2v) is 7.69. The van der Waals surface area contributed by atoms with Gasteiger partial charge in [-0.15, -0.1) is 11.3 Å². The molecule has 2 aromatic carbocycles. The zero-order valence-electron chi connectivity index (χ0n) is 18.7. The Hall–Kier alpha value is -4.18. The average molecular weight is 483 g/mol. The third-order valence-electron chi connectivity index (χ3n) is 4.73. The van der Waals surface area contributed by atoms with Crippen LogP contribution in [0.15, 0.2) is 53.9 Å². The summed E-state index contributed by atoms with van der Waals surface area (Å²) in [6.07, 6.45) is 2.87. The van der Waals surface area contributed by atoms with Gasteiger partial charge in [-0.2, -0.15) is 0 Å². The molecule has 0 aliphatic heterocycles. The second-order valence-electron chi connectivity index (χ2n) is 6.81. The van der Waals surface area contributed by atoms with E-state index >= 15 is 0 Å². The molecule has 0 fully saturated rings. The zero-order chi connectivity index (χ0) is 24.7. The van der Waals surface area contributed by atoms with Gasteiger partial charge < -0.3 is 19.5 Å². The highest BCUT2D eigenvalue weighted by Crippen LogP contribution is 2.37. The number of nitrogens with zero attached hydrogens (tertiary/aromatic N) is 1. The summed E-state index contributed by atoms with van der Waals surface area (Å²) in [5.74, 6) is 0.0355. The van der Waals surface area contributed by atoms with Gasteiger partial charge in [0.1, 0.15) is 22.1 Å². The Bertz CT molecular complexity index is 1250. The van der Waals surface area contributed by atoms with Gasteiger partial charge in [0.05, 0.1) is 25.7 Å². The molecular formula is C24H22N2O7S. The summed E-state index contributed by atoms with van der Waals surface area (Å²) in [5, 5.41) is 15.8. The number of carbonyl (C=O) groups excluding carboxylic acids is 2. The quantitative estimate of drug-likeness (QED) is 0.193. The van der Waals surface area contributed by atoms with Gasteiger partial charge in [-0.25, -0.2) is 4.79 Å². The van der Waals surface area contributed by atoms with E-state index < -0.39 is 16.8 Å². The van der Waals surface area contributed by atoms with Crippen LogP contribution in [0.3, 0.4) is 0 Å². The number of hydrogen-bond donors (Lipinski definition) is 1. The minimum Gasteiger partial charge on any atom is -0.497 e. The Morgan fingerprint density at radius 3 is 2.62 bits per heavy atom. The zero-order valence-corrected chi connectivity index (χ0v) is 19.5. The molecule has 0 aliphatic rings. The molecule has 1 heterocycles. The number of hydrogen-bond acceptors (Lipinski definition) is 8. The first-order valence-corrected chi connectivity index (χ1v) is 11.0. The molecule has 1 N–H and O–H groups in total. The Morgan fingerprint density at radius 1 is 1.15 bits per heavy atom. The maximum absolute atomic E-state index is 12.7. The molecule has 0 aliphatic carbocycles. The smallest absolute Gasteiger partial charge is 0.341 e. The van der Waals surface area contributed by atoms with Gasteiger partial charge in [-0.05, 0) is 36.8 Å². The number of thiophene rings is 1. The van der Waals surface area contributed by atoms with Crippen molar-refractivity contribution in [3.63, 3.8) is 0 Å². The SMILES string of the molecule is CCOC(=O)c1c(-c2cccc([N+](=O)[O-])c2)csc1NC(=O)/C=C/c1cc(OC)ccc1OC. The fourth-order valence-electron chi connectivity index (χ4n) is 3.14. The number of nitrogens with one attached hydrogen (secondary N) is 1. The molecule has 0 saturated carbocycles. The van der Waals surface area contributed by atoms with Crippen LogP contribution in [0.1, 0.15) is 22.8 Å². The normalized spacial score (nSPS) is 10.7. The summed E-state index contributed by atoms with van der Waals surface area (Å²) in [4.78, 5) is 36.0. The number of non-ortho nitro benzene ring substituents is 1. The van der Waals surface area contributed by atoms with Crippen molar-refractivity contribution in [2.24, 2.45) is 0 Å². The van der Waals surface area contributed by atoms with Crippen LogP contribution in [0.2, 0.25) is 0 Å². The summed E-state index contributed by atoms with van der Waals surface area (Å²) >= 11 is 1.12. The summed E-state index contributed by atoms with van der Waals surface area (Å²) in [6, 6.07) is 11.1. The first-order chi connectivity index (χ1) is 16.4. The molecule has 9 nitrogen and oxygen atoms in total. The first kappa shape index (κ1) is 24.5. The largest absolute Gasteiger partial charge is 0.497 e. The standard InChI is InChI=1S/C24H22N2O7S/c1-4-33-24(28)22-19(15-6-5-7-17(12-15)26(29)30)14-34-23(22)25-21(27)11-8-16-13-18(31-2)9-10-20(16)32-3/h5-14H,4H2,1-3H3,(H,25,27)/b11-8+. The molecular weight excluding hydrogens is 460 g/mol. The number of nitro groups is 1. The topological polar surface area (TPSA) is 117 Å². The summed E-state index contributed by atoms with van der Waals surface area (Å²) in [7, 11) is 3.06. The summed E-state index contributed by atoms with van der Waals surface area (Å²) in [5.41, 5.74) is 1.55. The third kappa shape index (κ3) is 5.59. The van der Waals surface area contributed by atoms with Crippen molar-refractivity contribution >= 4 is 40.0 Å². The number of benzene rings is 2. The third-order valence-corrected chi connectivity index (χ3v) is 5.62. The Morgan fingerprint density at radius 2 is 1.94 bits per heavy atom. The predicted octanol–water partition coefficient (Wildman–Crippen LogP) is 5.17. The highest BCUT2D eigenvalue weighted by Gasteiger charge is 2.23. The van der Waals surface area contributed by atoms with E-state index in [1.807, 2.05) is 0 Å². The predicted molar refractivity (Wildman–Crippen MR) is 130 cm³/mol. The van der Waals surface area contributed by atoms with Crippen LogP contribution < -0.4 is 14.8 Å². The number of ether oxygens (including phenoxy) is 3. The van der Waals surface area contributed by atoms with E-state index in [1.54, 1.807) is 42.6 Å². The van der Waals surface area contributed by atoms with Crippen LogP contribution in [0.5, 0.6) is 11.5 Å². The van der Waals surface area contributed by atoms with Crippen molar-refractivity contribution in [1.82, 2.24) is 0 Å². The van der Waals surface area contributed by atoms with Crippen LogP contribution >= 0.6 is 11.3 Å². The molecule has 0 atom stereocenters. The van der Waals surface area contributed by atoms with Crippen molar-refractivity contribution < 1.29 is 28.7 Å². The second kappa shape index (κ2) is 11.1. The molecule has 1 aromatic heterocycles. The van der Waals surface area contributed by atoms with Crippen molar-refractivity contribution in [3.8, 4) is 22.6 Å².